The Hall–Kier alpha value is -1.93. The highest BCUT2D eigenvalue weighted by atomic mass is 16.5. The number of benzene rings is 1. The maximum Gasteiger partial charge on any atom is 0.121 e. The third kappa shape index (κ3) is 3.82. The topological polar surface area (TPSA) is 71.5 Å². The highest BCUT2D eigenvalue weighted by Gasteiger charge is 2.10. The van der Waals surface area contributed by atoms with Gasteiger partial charge >= 0.3 is 0 Å². The highest BCUT2D eigenvalue weighted by Crippen LogP contribution is 2.27. The quantitative estimate of drug-likeness (QED) is 0.744. The van der Waals surface area contributed by atoms with Crippen molar-refractivity contribution >= 4 is 11.4 Å². The van der Waals surface area contributed by atoms with Gasteiger partial charge in [-0.15, -0.1) is 0 Å². The number of nitrogens with two attached hydrogens (primary N) is 1. The number of ether oxygens (including phenoxy) is 2. The fraction of sp³-hybridized carbons (Fsp3) is 0.462. The molecule has 0 radical (unpaired) electrons. The number of anilines is 2. The lowest BCUT2D eigenvalue weighted by Crippen LogP contribution is -2.28. The van der Waals surface area contributed by atoms with Gasteiger partial charge in [0.25, 0.3) is 0 Å². The van der Waals surface area contributed by atoms with Gasteiger partial charge in [-0.25, -0.2) is 0 Å². The second kappa shape index (κ2) is 7.41. The van der Waals surface area contributed by atoms with Gasteiger partial charge in [0.05, 0.1) is 37.6 Å². The first-order chi connectivity index (χ1) is 8.72. The zero-order valence-electron chi connectivity index (χ0n) is 10.8. The van der Waals surface area contributed by atoms with Gasteiger partial charge in [0.1, 0.15) is 5.75 Å². The Morgan fingerprint density at radius 1 is 1.33 bits per heavy atom. The van der Waals surface area contributed by atoms with Crippen molar-refractivity contribution in [3.05, 3.63) is 18.2 Å². The maximum absolute atomic E-state index is 8.68. The number of rotatable bonds is 7. The molecule has 0 heterocycles. The Labute approximate surface area is 108 Å². The number of hydrogen-bond donors (Lipinski definition) is 1. The van der Waals surface area contributed by atoms with Crippen molar-refractivity contribution in [1.29, 1.82) is 5.26 Å². The molecule has 18 heavy (non-hydrogen) atoms. The van der Waals surface area contributed by atoms with Crippen LogP contribution in [0.5, 0.6) is 5.75 Å². The molecule has 5 nitrogen and oxygen atoms in total. The lowest BCUT2D eigenvalue weighted by Gasteiger charge is -2.25. The molecule has 5 heteroatoms. The molecule has 0 atom stereocenters. The highest BCUT2D eigenvalue weighted by molar-refractivity contribution is 5.69. The van der Waals surface area contributed by atoms with Crippen LogP contribution in [-0.4, -0.2) is 33.9 Å². The SMILES string of the molecule is COCCN(CCC#N)c1ccc(OC)cc1N. The van der Waals surface area contributed by atoms with E-state index in [-0.39, 0.29) is 0 Å². The standard InChI is InChI=1S/C13H19N3O2/c1-17-9-8-16(7-3-6-14)13-5-4-11(18-2)10-12(13)15/h4-5,10H,3,7-9,15H2,1-2H3. The van der Waals surface area contributed by atoms with E-state index in [1.807, 2.05) is 17.0 Å². The van der Waals surface area contributed by atoms with Crippen molar-refractivity contribution < 1.29 is 9.47 Å². The van der Waals surface area contributed by atoms with Crippen LogP contribution >= 0.6 is 0 Å². The smallest absolute Gasteiger partial charge is 0.121 e. The molecule has 0 aliphatic heterocycles. The average molecular weight is 249 g/mol. The zero-order valence-corrected chi connectivity index (χ0v) is 10.8. The Kier molecular flexibility index (Phi) is 5.81. The van der Waals surface area contributed by atoms with Crippen LogP contribution < -0.4 is 15.4 Å². The molecule has 0 aliphatic carbocycles. The van der Waals surface area contributed by atoms with Crippen molar-refractivity contribution in [3.63, 3.8) is 0 Å². The van der Waals surface area contributed by atoms with E-state index in [9.17, 15) is 0 Å². The van der Waals surface area contributed by atoms with E-state index in [0.29, 0.717) is 31.8 Å². The molecule has 98 valence electrons. The molecule has 0 bridgehead atoms. The second-order valence-electron chi connectivity index (χ2n) is 3.81. The van der Waals surface area contributed by atoms with Gasteiger partial charge in [0.2, 0.25) is 0 Å². The molecular formula is C13H19N3O2. The molecule has 0 aromatic heterocycles. The molecular weight excluding hydrogens is 230 g/mol. The maximum atomic E-state index is 8.68. The van der Waals surface area contributed by atoms with Gasteiger partial charge in [-0.1, -0.05) is 0 Å². The first-order valence-corrected chi connectivity index (χ1v) is 5.77. The Morgan fingerprint density at radius 2 is 2.11 bits per heavy atom. The third-order valence-corrected chi connectivity index (χ3v) is 2.63. The molecule has 0 aliphatic rings. The minimum atomic E-state index is 0.454. The molecule has 1 rings (SSSR count). The van der Waals surface area contributed by atoms with E-state index in [1.54, 1.807) is 20.3 Å². The Morgan fingerprint density at radius 3 is 2.67 bits per heavy atom. The van der Waals surface area contributed by atoms with Crippen molar-refractivity contribution in [1.82, 2.24) is 0 Å². The molecule has 0 fully saturated rings. The lowest BCUT2D eigenvalue weighted by atomic mass is 10.2. The molecule has 0 unspecified atom stereocenters. The molecule has 0 saturated heterocycles. The summed E-state index contributed by atoms with van der Waals surface area (Å²) >= 11 is 0. The normalized spacial score (nSPS) is 9.83. The van der Waals surface area contributed by atoms with E-state index >= 15 is 0 Å². The molecule has 1 aromatic rings. The molecule has 0 saturated carbocycles. The first-order valence-electron chi connectivity index (χ1n) is 5.77. The predicted molar refractivity (Wildman–Crippen MR) is 71.7 cm³/mol. The van der Waals surface area contributed by atoms with E-state index in [0.717, 1.165) is 11.4 Å². The van der Waals surface area contributed by atoms with Gasteiger partial charge in [0.15, 0.2) is 0 Å². The monoisotopic (exact) mass is 249 g/mol. The van der Waals surface area contributed by atoms with Crippen LogP contribution in [0.1, 0.15) is 6.42 Å². The molecule has 0 amide bonds. The summed E-state index contributed by atoms with van der Waals surface area (Å²) in [6.45, 7) is 1.93. The van der Waals surface area contributed by atoms with Gasteiger partial charge in [-0.2, -0.15) is 5.26 Å². The Balaban J connectivity index is 2.86. The third-order valence-electron chi connectivity index (χ3n) is 2.63. The summed E-state index contributed by atoms with van der Waals surface area (Å²) in [4.78, 5) is 2.04. The van der Waals surface area contributed by atoms with Crippen LogP contribution in [0.15, 0.2) is 18.2 Å². The first kappa shape index (κ1) is 14.1. The average Bonchev–Trinajstić information content (AvgIpc) is 2.39. The van der Waals surface area contributed by atoms with Crippen molar-refractivity contribution in [3.8, 4) is 11.8 Å². The fourth-order valence-electron chi connectivity index (χ4n) is 1.69. The predicted octanol–water partition coefficient (Wildman–Crippen LogP) is 1.64. The number of nitriles is 1. The van der Waals surface area contributed by atoms with Crippen LogP contribution in [0.4, 0.5) is 11.4 Å². The summed E-state index contributed by atoms with van der Waals surface area (Å²) in [5, 5.41) is 8.68. The summed E-state index contributed by atoms with van der Waals surface area (Å²) in [6, 6.07) is 7.68. The molecule has 0 spiro atoms. The number of nitrogens with zero attached hydrogens (tertiary/aromatic N) is 2. The molecule has 2 N–H and O–H groups in total. The van der Waals surface area contributed by atoms with E-state index in [2.05, 4.69) is 6.07 Å². The van der Waals surface area contributed by atoms with Gasteiger partial charge in [-0.3, -0.25) is 0 Å². The number of methoxy groups -OCH3 is 2. The summed E-state index contributed by atoms with van der Waals surface area (Å²) in [7, 11) is 3.26. The van der Waals surface area contributed by atoms with Gasteiger partial charge < -0.3 is 20.1 Å². The van der Waals surface area contributed by atoms with Gasteiger partial charge in [-0.05, 0) is 12.1 Å². The lowest BCUT2D eigenvalue weighted by molar-refractivity contribution is 0.205. The van der Waals surface area contributed by atoms with Crippen LogP contribution in [0.2, 0.25) is 0 Å². The minimum Gasteiger partial charge on any atom is -0.497 e. The summed E-state index contributed by atoms with van der Waals surface area (Å²) in [6.07, 6.45) is 0.454. The minimum absolute atomic E-state index is 0.454. The summed E-state index contributed by atoms with van der Waals surface area (Å²) < 4.78 is 10.2. The van der Waals surface area contributed by atoms with Gasteiger partial charge in [0, 0.05) is 26.3 Å². The number of nitrogen functional groups attached to an aromatic ring is 1. The van der Waals surface area contributed by atoms with E-state index in [4.69, 9.17) is 20.5 Å². The fourth-order valence-corrected chi connectivity index (χ4v) is 1.69. The van der Waals surface area contributed by atoms with Crippen LogP contribution in [0.25, 0.3) is 0 Å². The van der Waals surface area contributed by atoms with Crippen LogP contribution in [0, 0.1) is 11.3 Å². The van der Waals surface area contributed by atoms with Crippen molar-refractivity contribution in [2.75, 3.05) is 44.5 Å². The van der Waals surface area contributed by atoms with Crippen LogP contribution in [-0.2, 0) is 4.74 Å². The number of hydrogen-bond acceptors (Lipinski definition) is 5. The summed E-state index contributed by atoms with van der Waals surface area (Å²) in [5.74, 6) is 0.725. The second-order valence-corrected chi connectivity index (χ2v) is 3.81. The summed E-state index contributed by atoms with van der Waals surface area (Å²) in [5.41, 5.74) is 7.54. The van der Waals surface area contributed by atoms with E-state index < -0.39 is 0 Å². The van der Waals surface area contributed by atoms with Crippen LogP contribution in [0.3, 0.4) is 0 Å². The van der Waals surface area contributed by atoms with Crippen molar-refractivity contribution in [2.24, 2.45) is 0 Å². The van der Waals surface area contributed by atoms with E-state index in [1.165, 1.54) is 0 Å². The Bertz CT molecular complexity index is 415. The largest absolute Gasteiger partial charge is 0.497 e. The molecule has 1 aromatic carbocycles. The van der Waals surface area contributed by atoms with Crippen molar-refractivity contribution in [2.45, 2.75) is 6.42 Å². The zero-order chi connectivity index (χ0) is 13.4.